The van der Waals surface area contributed by atoms with Crippen LogP contribution in [0.25, 0.3) is 5.65 Å². The third kappa shape index (κ3) is 3.05. The Bertz CT molecular complexity index is 608. The highest BCUT2D eigenvalue weighted by Crippen LogP contribution is 2.38. The molecule has 2 aromatic heterocycles. The van der Waals surface area contributed by atoms with E-state index in [1.165, 1.54) is 50.6 Å². The van der Waals surface area contributed by atoms with Crippen molar-refractivity contribution in [1.82, 2.24) is 9.38 Å². The molecule has 0 aliphatic heterocycles. The number of hydrogen-bond donors (Lipinski definition) is 1. The molecule has 3 rings (SSSR count). The van der Waals surface area contributed by atoms with Gasteiger partial charge < -0.3 is 10.1 Å². The summed E-state index contributed by atoms with van der Waals surface area (Å²) in [4.78, 5) is 4.67. The minimum absolute atomic E-state index is 0.115. The molecule has 1 aliphatic carbocycles. The minimum atomic E-state index is 0.115. The van der Waals surface area contributed by atoms with Crippen LogP contribution in [0.5, 0.6) is 0 Å². The van der Waals surface area contributed by atoms with Crippen molar-refractivity contribution in [3.63, 3.8) is 0 Å². The van der Waals surface area contributed by atoms with Crippen LogP contribution in [-0.2, 0) is 0 Å². The van der Waals surface area contributed by atoms with Crippen molar-refractivity contribution in [2.24, 2.45) is 17.6 Å². The van der Waals surface area contributed by atoms with Crippen molar-refractivity contribution in [3.05, 3.63) is 35.8 Å². The Kier molecular flexibility index (Phi) is 4.82. The number of unbranched alkanes of at least 4 members (excludes halogenated alkanes) is 1. The third-order valence-electron chi connectivity index (χ3n) is 5.43. The summed E-state index contributed by atoms with van der Waals surface area (Å²) >= 11 is 0. The number of aryl methyl sites for hydroxylation is 1. The van der Waals surface area contributed by atoms with E-state index >= 15 is 0 Å². The average Bonchev–Trinajstić information content (AvgIpc) is 2.88. The second-order valence-electron chi connectivity index (χ2n) is 6.96. The van der Waals surface area contributed by atoms with Gasteiger partial charge in [-0.25, -0.2) is 4.98 Å². The van der Waals surface area contributed by atoms with Gasteiger partial charge in [0.1, 0.15) is 5.65 Å². The Morgan fingerprint density at radius 1 is 1.27 bits per heavy atom. The predicted molar refractivity (Wildman–Crippen MR) is 91.8 cm³/mol. The van der Waals surface area contributed by atoms with Gasteiger partial charge in [0.15, 0.2) is 0 Å². The van der Waals surface area contributed by atoms with Gasteiger partial charge in [0.2, 0.25) is 0 Å². The van der Waals surface area contributed by atoms with E-state index in [4.69, 9.17) is 5.73 Å². The fourth-order valence-corrected chi connectivity index (χ4v) is 4.09. The van der Waals surface area contributed by atoms with E-state index in [0.717, 1.165) is 17.3 Å². The highest BCUT2D eigenvalue weighted by molar-refractivity contribution is 5.43. The van der Waals surface area contributed by atoms with Crippen LogP contribution in [0, 0.1) is 18.8 Å². The Morgan fingerprint density at radius 2 is 2.05 bits per heavy atom. The molecule has 1 aliphatic rings. The van der Waals surface area contributed by atoms with E-state index < -0.39 is 0 Å². The van der Waals surface area contributed by atoms with Crippen LogP contribution in [0.15, 0.2) is 24.4 Å². The van der Waals surface area contributed by atoms with Crippen molar-refractivity contribution in [3.8, 4) is 0 Å². The predicted octanol–water partition coefficient (Wildman–Crippen LogP) is 4.64. The van der Waals surface area contributed by atoms with Gasteiger partial charge in [-0.05, 0) is 43.7 Å². The summed E-state index contributed by atoms with van der Waals surface area (Å²) in [6.45, 7) is 4.38. The van der Waals surface area contributed by atoms with E-state index in [0.29, 0.717) is 5.92 Å². The van der Waals surface area contributed by atoms with Crippen LogP contribution >= 0.6 is 0 Å². The van der Waals surface area contributed by atoms with Gasteiger partial charge in [0.25, 0.3) is 0 Å². The second kappa shape index (κ2) is 6.82. The summed E-state index contributed by atoms with van der Waals surface area (Å²) in [6.07, 6.45) is 11.5. The van der Waals surface area contributed by atoms with Gasteiger partial charge in [-0.1, -0.05) is 45.1 Å². The molecule has 0 aromatic carbocycles. The molecule has 3 heteroatoms. The summed E-state index contributed by atoms with van der Waals surface area (Å²) in [5.74, 6) is 1.54. The first-order valence-electron chi connectivity index (χ1n) is 8.89. The van der Waals surface area contributed by atoms with Crippen LogP contribution in [-0.4, -0.2) is 9.38 Å². The van der Waals surface area contributed by atoms with Crippen molar-refractivity contribution in [2.45, 2.75) is 64.8 Å². The van der Waals surface area contributed by atoms with Crippen molar-refractivity contribution in [2.75, 3.05) is 0 Å². The lowest BCUT2D eigenvalue weighted by atomic mass is 9.76. The Balaban J connectivity index is 1.71. The maximum Gasteiger partial charge on any atom is 0.137 e. The molecule has 0 amide bonds. The van der Waals surface area contributed by atoms with Gasteiger partial charge in [0, 0.05) is 6.20 Å². The molecule has 1 saturated carbocycles. The topological polar surface area (TPSA) is 43.3 Å². The van der Waals surface area contributed by atoms with E-state index in [9.17, 15) is 0 Å². The average molecular weight is 299 g/mol. The van der Waals surface area contributed by atoms with Crippen LogP contribution in [0.4, 0.5) is 0 Å². The van der Waals surface area contributed by atoms with Crippen LogP contribution in [0.1, 0.15) is 69.3 Å². The molecule has 120 valence electrons. The summed E-state index contributed by atoms with van der Waals surface area (Å²) in [7, 11) is 0. The molecular formula is C19H29N3. The van der Waals surface area contributed by atoms with Gasteiger partial charge >= 0.3 is 0 Å². The first kappa shape index (κ1) is 15.5. The lowest BCUT2D eigenvalue weighted by Gasteiger charge is -2.32. The van der Waals surface area contributed by atoms with Gasteiger partial charge in [-0.3, -0.25) is 0 Å². The molecule has 1 atom stereocenters. The molecule has 0 saturated heterocycles. The lowest BCUT2D eigenvalue weighted by molar-refractivity contribution is 0.230. The standard InChI is InChI=1S/C19H29N3/c1-3-4-7-15-9-11-16(12-10-15)18(20)19-14(2)21-17-8-5-6-13-22(17)19/h5-6,8,13,15-16,18H,3-4,7,9-12,20H2,1-2H3. The maximum absolute atomic E-state index is 6.67. The van der Waals surface area contributed by atoms with Crippen molar-refractivity contribution >= 4 is 5.65 Å². The number of nitrogens with zero attached hydrogens (tertiary/aromatic N) is 2. The monoisotopic (exact) mass is 299 g/mol. The normalized spacial score (nSPS) is 23.8. The lowest BCUT2D eigenvalue weighted by Crippen LogP contribution is -2.27. The first-order chi connectivity index (χ1) is 10.7. The quantitative estimate of drug-likeness (QED) is 0.874. The van der Waals surface area contributed by atoms with E-state index in [2.05, 4.69) is 41.6 Å². The van der Waals surface area contributed by atoms with Crippen LogP contribution < -0.4 is 5.73 Å². The fourth-order valence-electron chi connectivity index (χ4n) is 4.09. The zero-order valence-electron chi connectivity index (χ0n) is 14.0. The summed E-state index contributed by atoms with van der Waals surface area (Å²) < 4.78 is 2.18. The van der Waals surface area contributed by atoms with Crippen molar-refractivity contribution in [1.29, 1.82) is 0 Å². The van der Waals surface area contributed by atoms with Crippen LogP contribution in [0.3, 0.4) is 0 Å². The Labute approximate surface area is 133 Å². The molecule has 3 nitrogen and oxygen atoms in total. The Morgan fingerprint density at radius 3 is 2.77 bits per heavy atom. The smallest absolute Gasteiger partial charge is 0.137 e. The molecule has 0 radical (unpaired) electrons. The van der Waals surface area contributed by atoms with Gasteiger partial charge in [-0.2, -0.15) is 0 Å². The number of pyridine rings is 1. The molecule has 2 heterocycles. The summed E-state index contributed by atoms with van der Waals surface area (Å²) in [5, 5.41) is 0. The number of fused-ring (bicyclic) bond motifs is 1. The molecule has 1 unspecified atom stereocenters. The number of hydrogen-bond acceptors (Lipinski definition) is 2. The summed E-state index contributed by atoms with van der Waals surface area (Å²) in [6, 6.07) is 6.27. The number of imidazole rings is 1. The second-order valence-corrected chi connectivity index (χ2v) is 6.96. The maximum atomic E-state index is 6.67. The van der Waals surface area contributed by atoms with E-state index in [-0.39, 0.29) is 6.04 Å². The first-order valence-corrected chi connectivity index (χ1v) is 8.89. The molecule has 22 heavy (non-hydrogen) atoms. The zero-order chi connectivity index (χ0) is 15.5. The molecular weight excluding hydrogens is 270 g/mol. The third-order valence-corrected chi connectivity index (χ3v) is 5.43. The SMILES string of the molecule is CCCCC1CCC(C(N)c2c(C)nc3ccccn23)CC1. The number of rotatable bonds is 5. The fraction of sp³-hybridized carbons (Fsp3) is 0.632. The van der Waals surface area contributed by atoms with E-state index in [1.54, 1.807) is 0 Å². The zero-order valence-corrected chi connectivity index (χ0v) is 14.0. The summed E-state index contributed by atoms with van der Waals surface area (Å²) in [5.41, 5.74) is 9.99. The molecule has 0 spiro atoms. The molecule has 1 fully saturated rings. The Hall–Kier alpha value is -1.35. The molecule has 2 aromatic rings. The molecule has 2 N–H and O–H groups in total. The molecule has 0 bridgehead atoms. The minimum Gasteiger partial charge on any atom is -0.322 e. The van der Waals surface area contributed by atoms with Crippen molar-refractivity contribution < 1.29 is 0 Å². The van der Waals surface area contributed by atoms with Gasteiger partial charge in [-0.15, -0.1) is 0 Å². The van der Waals surface area contributed by atoms with Gasteiger partial charge in [0.05, 0.1) is 17.4 Å². The number of aromatic nitrogens is 2. The highest BCUT2D eigenvalue weighted by atomic mass is 15.0. The number of nitrogens with two attached hydrogens (primary N) is 1. The van der Waals surface area contributed by atoms with Crippen LogP contribution in [0.2, 0.25) is 0 Å². The largest absolute Gasteiger partial charge is 0.322 e. The highest BCUT2D eigenvalue weighted by Gasteiger charge is 2.28. The van der Waals surface area contributed by atoms with E-state index in [1.807, 2.05) is 6.07 Å².